The maximum absolute atomic E-state index is 13.9. The molecule has 4 heterocycles. The van der Waals surface area contributed by atoms with Crippen LogP contribution in [0.1, 0.15) is 22.8 Å². The second-order valence-electron chi connectivity index (χ2n) is 8.94. The van der Waals surface area contributed by atoms with Crippen LogP contribution in [0, 0.1) is 0 Å². The quantitative estimate of drug-likeness (QED) is 0.558. The molecule has 0 saturated carbocycles. The highest BCUT2D eigenvalue weighted by Crippen LogP contribution is 2.34. The SMILES string of the molecule is CC1(F)CN(C(=O)Cn2c(=O)c(C(=O)NCc3ccc(Cl)cc3)cc3c4c(cnc32)NCCO4)C1. The van der Waals surface area contributed by atoms with Crippen LogP contribution in [-0.4, -0.2) is 58.2 Å². The number of carbonyl (C=O) groups excluding carboxylic acids is 2. The number of fused-ring (bicyclic) bond motifs is 3. The number of pyridine rings is 2. The minimum atomic E-state index is -1.44. The zero-order valence-electron chi connectivity index (χ0n) is 18.9. The first-order valence-electron chi connectivity index (χ1n) is 11.1. The highest BCUT2D eigenvalue weighted by atomic mass is 35.5. The minimum absolute atomic E-state index is 0.0460. The van der Waals surface area contributed by atoms with Crippen LogP contribution in [0.3, 0.4) is 0 Å². The third kappa shape index (κ3) is 4.53. The van der Waals surface area contributed by atoms with Crippen LogP contribution in [0.5, 0.6) is 5.75 Å². The number of ether oxygens (including phenoxy) is 1. The number of hydrogen-bond donors (Lipinski definition) is 2. The topological polar surface area (TPSA) is 106 Å². The first-order valence-corrected chi connectivity index (χ1v) is 11.5. The Hall–Kier alpha value is -3.66. The number of halogens is 2. The first kappa shape index (κ1) is 23.1. The molecule has 0 aliphatic carbocycles. The molecule has 0 bridgehead atoms. The number of nitrogens with zero attached hydrogens (tertiary/aromatic N) is 3. The van der Waals surface area contributed by atoms with Crippen molar-refractivity contribution in [1.82, 2.24) is 19.8 Å². The van der Waals surface area contributed by atoms with Crippen molar-refractivity contribution in [2.45, 2.75) is 25.7 Å². The third-order valence-corrected chi connectivity index (χ3v) is 6.28. The summed E-state index contributed by atoms with van der Waals surface area (Å²) in [5, 5.41) is 6.91. The van der Waals surface area contributed by atoms with Gasteiger partial charge in [0.15, 0.2) is 5.75 Å². The summed E-state index contributed by atoms with van der Waals surface area (Å²) in [5.41, 5.74) is -0.616. The highest BCUT2D eigenvalue weighted by molar-refractivity contribution is 6.30. The Labute approximate surface area is 204 Å². The van der Waals surface area contributed by atoms with Crippen LogP contribution in [-0.2, 0) is 17.9 Å². The summed E-state index contributed by atoms with van der Waals surface area (Å²) in [4.78, 5) is 45.0. The fourth-order valence-electron chi connectivity index (χ4n) is 4.26. The minimum Gasteiger partial charge on any atom is -0.489 e. The van der Waals surface area contributed by atoms with Crippen molar-refractivity contribution in [2.24, 2.45) is 0 Å². The lowest BCUT2D eigenvalue weighted by Crippen LogP contribution is -2.60. The normalized spacial score (nSPS) is 16.0. The summed E-state index contributed by atoms with van der Waals surface area (Å²) >= 11 is 5.91. The fourth-order valence-corrected chi connectivity index (χ4v) is 4.39. The molecule has 9 nitrogen and oxygen atoms in total. The van der Waals surface area contributed by atoms with Gasteiger partial charge < -0.3 is 20.3 Å². The molecule has 0 radical (unpaired) electrons. The Morgan fingerprint density at radius 1 is 1.29 bits per heavy atom. The van der Waals surface area contributed by atoms with Crippen LogP contribution in [0.4, 0.5) is 10.1 Å². The zero-order chi connectivity index (χ0) is 24.7. The summed E-state index contributed by atoms with van der Waals surface area (Å²) in [6.07, 6.45) is 1.53. The molecule has 1 aromatic carbocycles. The van der Waals surface area contributed by atoms with Gasteiger partial charge in [-0.3, -0.25) is 19.0 Å². The van der Waals surface area contributed by atoms with Crippen molar-refractivity contribution < 1.29 is 18.7 Å². The Balaban J connectivity index is 1.52. The zero-order valence-corrected chi connectivity index (χ0v) is 19.7. The van der Waals surface area contributed by atoms with Crippen LogP contribution in [0.25, 0.3) is 11.0 Å². The van der Waals surface area contributed by atoms with E-state index in [0.717, 1.165) is 10.1 Å². The van der Waals surface area contributed by atoms with Crippen LogP contribution in [0.2, 0.25) is 5.02 Å². The molecule has 35 heavy (non-hydrogen) atoms. The van der Waals surface area contributed by atoms with E-state index >= 15 is 0 Å². The van der Waals surface area contributed by atoms with Crippen molar-refractivity contribution in [1.29, 1.82) is 0 Å². The predicted octanol–water partition coefficient (Wildman–Crippen LogP) is 2.35. The molecule has 0 spiro atoms. The van der Waals surface area contributed by atoms with E-state index in [2.05, 4.69) is 15.6 Å². The van der Waals surface area contributed by atoms with Gasteiger partial charge in [0.25, 0.3) is 11.5 Å². The molecule has 182 valence electrons. The van der Waals surface area contributed by atoms with Gasteiger partial charge in [0.1, 0.15) is 30.0 Å². The van der Waals surface area contributed by atoms with Gasteiger partial charge in [0.05, 0.1) is 30.4 Å². The average molecular weight is 500 g/mol. The van der Waals surface area contributed by atoms with E-state index in [4.69, 9.17) is 16.3 Å². The Kier molecular flexibility index (Phi) is 5.84. The molecule has 1 fully saturated rings. The van der Waals surface area contributed by atoms with Crippen molar-refractivity contribution in [3.8, 4) is 5.75 Å². The smallest absolute Gasteiger partial charge is 0.265 e. The molecule has 5 rings (SSSR count). The molecule has 0 atom stereocenters. The number of aromatic nitrogens is 2. The number of hydrogen-bond acceptors (Lipinski definition) is 6. The molecule has 3 aromatic rings. The number of amides is 2. The average Bonchev–Trinajstić information content (AvgIpc) is 2.83. The molecular formula is C24H23ClFN5O4. The Morgan fingerprint density at radius 3 is 2.74 bits per heavy atom. The van der Waals surface area contributed by atoms with E-state index in [1.807, 2.05) is 0 Å². The number of rotatable bonds is 5. The lowest BCUT2D eigenvalue weighted by Gasteiger charge is -2.42. The number of anilines is 1. The van der Waals surface area contributed by atoms with Crippen LogP contribution in [0.15, 0.2) is 41.3 Å². The Bertz CT molecular complexity index is 1380. The number of alkyl halides is 1. The van der Waals surface area contributed by atoms with Crippen molar-refractivity contribution in [3.63, 3.8) is 0 Å². The van der Waals surface area contributed by atoms with Gasteiger partial charge in [0, 0.05) is 18.1 Å². The monoisotopic (exact) mass is 499 g/mol. The van der Waals surface area contributed by atoms with Gasteiger partial charge in [-0.15, -0.1) is 0 Å². The fraction of sp³-hybridized carbons (Fsp3) is 0.333. The number of likely N-dealkylation sites (tertiary alicyclic amines) is 1. The Morgan fingerprint density at radius 2 is 2.03 bits per heavy atom. The third-order valence-electron chi connectivity index (χ3n) is 6.03. The van der Waals surface area contributed by atoms with E-state index < -0.39 is 23.0 Å². The van der Waals surface area contributed by atoms with E-state index in [1.165, 1.54) is 24.1 Å². The molecule has 1 saturated heterocycles. The molecule has 2 aliphatic heterocycles. The largest absolute Gasteiger partial charge is 0.489 e. The van der Waals surface area contributed by atoms with Gasteiger partial charge in [-0.05, 0) is 30.7 Å². The van der Waals surface area contributed by atoms with E-state index in [1.54, 1.807) is 24.3 Å². The maximum atomic E-state index is 13.9. The standard InChI is InChI=1S/C24H23ClFN5O4/c1-24(26)12-30(13-24)19(32)11-31-21-16(20-18(10-28-21)27-6-7-35-20)8-17(23(31)34)22(33)29-9-14-2-4-15(25)5-3-14/h2-5,8,10,27H,6-7,9,11-13H2,1H3,(H,29,33). The van der Waals surface area contributed by atoms with Gasteiger partial charge >= 0.3 is 0 Å². The molecule has 2 amide bonds. The highest BCUT2D eigenvalue weighted by Gasteiger charge is 2.41. The van der Waals surface area contributed by atoms with Crippen molar-refractivity contribution in [3.05, 3.63) is 63.0 Å². The van der Waals surface area contributed by atoms with E-state index in [0.29, 0.717) is 35.0 Å². The van der Waals surface area contributed by atoms with Crippen molar-refractivity contribution in [2.75, 3.05) is 31.6 Å². The number of benzene rings is 1. The van der Waals surface area contributed by atoms with Gasteiger partial charge in [-0.1, -0.05) is 23.7 Å². The maximum Gasteiger partial charge on any atom is 0.265 e. The summed E-state index contributed by atoms with van der Waals surface area (Å²) in [7, 11) is 0. The summed E-state index contributed by atoms with van der Waals surface area (Å²) in [6, 6.07) is 8.39. The predicted molar refractivity (Wildman–Crippen MR) is 129 cm³/mol. The molecule has 2 aromatic heterocycles. The summed E-state index contributed by atoms with van der Waals surface area (Å²) in [5.74, 6) is -0.579. The molecule has 11 heteroatoms. The molecule has 2 aliphatic rings. The first-order chi connectivity index (χ1) is 16.7. The van der Waals surface area contributed by atoms with Crippen LogP contribution >= 0.6 is 11.6 Å². The number of carbonyl (C=O) groups is 2. The number of nitrogens with one attached hydrogen (secondary N) is 2. The van der Waals surface area contributed by atoms with Gasteiger partial charge in [-0.25, -0.2) is 9.37 Å². The van der Waals surface area contributed by atoms with E-state index in [-0.39, 0.29) is 37.4 Å². The molecule has 2 N–H and O–H groups in total. The second kappa shape index (κ2) is 8.84. The van der Waals surface area contributed by atoms with Gasteiger partial charge in [-0.2, -0.15) is 0 Å². The second-order valence-corrected chi connectivity index (χ2v) is 9.37. The van der Waals surface area contributed by atoms with E-state index in [9.17, 15) is 18.8 Å². The van der Waals surface area contributed by atoms with Gasteiger partial charge in [0.2, 0.25) is 5.91 Å². The lowest BCUT2D eigenvalue weighted by molar-refractivity contribution is -0.144. The van der Waals surface area contributed by atoms with Crippen molar-refractivity contribution >= 4 is 40.1 Å². The molecular weight excluding hydrogens is 477 g/mol. The lowest BCUT2D eigenvalue weighted by atomic mass is 9.99. The summed E-state index contributed by atoms with van der Waals surface area (Å²) in [6.45, 7) is 2.11. The molecule has 0 unspecified atom stereocenters. The van der Waals surface area contributed by atoms with Crippen LogP contribution < -0.4 is 20.9 Å². The summed E-state index contributed by atoms with van der Waals surface area (Å²) < 4.78 is 20.9.